The lowest BCUT2D eigenvalue weighted by Gasteiger charge is -2.23. The molecule has 1 N–H and O–H groups in total. The Morgan fingerprint density at radius 2 is 1.93 bits per heavy atom. The second-order valence-corrected chi connectivity index (χ2v) is 9.33. The molecule has 0 saturated heterocycles. The van der Waals surface area contributed by atoms with Gasteiger partial charge in [0.1, 0.15) is 5.01 Å². The first-order valence-corrected chi connectivity index (χ1v) is 11.1. The number of thiazole rings is 1. The van der Waals surface area contributed by atoms with Gasteiger partial charge in [-0.15, -0.1) is 11.3 Å². The number of amides is 1. The molecule has 3 aromatic rings. The maximum absolute atomic E-state index is 12.9. The number of carbonyl (C=O) groups excluding carboxylic acids is 1. The van der Waals surface area contributed by atoms with E-state index in [0.29, 0.717) is 11.3 Å². The van der Waals surface area contributed by atoms with Gasteiger partial charge in [0, 0.05) is 12.6 Å². The van der Waals surface area contributed by atoms with E-state index in [0.717, 1.165) is 27.0 Å². The number of aryl methyl sites for hydroxylation is 1. The van der Waals surface area contributed by atoms with Gasteiger partial charge in [-0.25, -0.2) is 13.4 Å². The van der Waals surface area contributed by atoms with Crippen LogP contribution in [0.15, 0.2) is 42.5 Å². The molecule has 1 heterocycles. The van der Waals surface area contributed by atoms with Crippen LogP contribution in [0.25, 0.3) is 10.2 Å². The monoisotopic (exact) mass is 403 g/mol. The Morgan fingerprint density at radius 3 is 2.59 bits per heavy atom. The Morgan fingerprint density at radius 1 is 1.22 bits per heavy atom. The van der Waals surface area contributed by atoms with Gasteiger partial charge in [0.2, 0.25) is 10.0 Å². The minimum atomic E-state index is -3.42. The zero-order valence-corrected chi connectivity index (χ0v) is 17.2. The van der Waals surface area contributed by atoms with Crippen molar-refractivity contribution in [2.24, 2.45) is 0 Å². The minimum absolute atomic E-state index is 0.196. The Hall–Kier alpha value is -2.45. The van der Waals surface area contributed by atoms with Crippen molar-refractivity contribution in [3.8, 4) is 0 Å². The van der Waals surface area contributed by atoms with Gasteiger partial charge in [-0.05, 0) is 43.7 Å². The molecule has 0 spiro atoms. The van der Waals surface area contributed by atoms with E-state index in [2.05, 4.69) is 9.71 Å². The van der Waals surface area contributed by atoms with Crippen LogP contribution < -0.4 is 4.72 Å². The summed E-state index contributed by atoms with van der Waals surface area (Å²) in [7, 11) is -1.69. The highest BCUT2D eigenvalue weighted by molar-refractivity contribution is 7.92. The van der Waals surface area contributed by atoms with Crippen LogP contribution in [0.4, 0.5) is 5.69 Å². The van der Waals surface area contributed by atoms with Crippen LogP contribution in [0.3, 0.4) is 0 Å². The average molecular weight is 404 g/mol. The van der Waals surface area contributed by atoms with Crippen molar-refractivity contribution in [3.05, 3.63) is 58.6 Å². The molecule has 3 rings (SSSR count). The molecule has 0 bridgehead atoms. The number of hydrogen-bond acceptors (Lipinski definition) is 5. The first-order chi connectivity index (χ1) is 12.7. The summed E-state index contributed by atoms with van der Waals surface area (Å²) in [5.41, 5.74) is 2.49. The Bertz CT molecular complexity index is 1070. The number of fused-ring (bicyclic) bond motifs is 1. The predicted molar refractivity (Wildman–Crippen MR) is 110 cm³/mol. The minimum Gasteiger partial charge on any atom is -0.333 e. The van der Waals surface area contributed by atoms with Gasteiger partial charge in [-0.1, -0.05) is 18.2 Å². The molecule has 1 aromatic heterocycles. The largest absolute Gasteiger partial charge is 0.333 e. The fraction of sp³-hybridized carbons (Fsp3) is 0.263. The summed E-state index contributed by atoms with van der Waals surface area (Å²) in [6.45, 7) is 3.72. The quantitative estimate of drug-likeness (QED) is 0.703. The molecule has 6 nitrogen and oxygen atoms in total. The summed E-state index contributed by atoms with van der Waals surface area (Å²) in [6, 6.07) is 12.7. The normalized spacial score (nSPS) is 12.7. The fourth-order valence-electron chi connectivity index (χ4n) is 2.68. The Labute approximate surface area is 162 Å². The van der Waals surface area contributed by atoms with Crippen molar-refractivity contribution in [1.29, 1.82) is 0 Å². The highest BCUT2D eigenvalue weighted by Gasteiger charge is 2.22. The molecule has 1 amide bonds. The number of aromatic nitrogens is 1. The molecule has 0 fully saturated rings. The van der Waals surface area contributed by atoms with Gasteiger partial charge in [-0.2, -0.15) is 0 Å². The molecule has 0 radical (unpaired) electrons. The number of anilines is 1. The number of hydrogen-bond donors (Lipinski definition) is 1. The number of benzene rings is 2. The lowest BCUT2D eigenvalue weighted by Crippen LogP contribution is -2.29. The summed E-state index contributed by atoms with van der Waals surface area (Å²) in [5, 5.41) is 0.855. The Balaban J connectivity index is 1.87. The summed E-state index contributed by atoms with van der Waals surface area (Å²) in [4.78, 5) is 19.2. The van der Waals surface area contributed by atoms with Crippen molar-refractivity contribution >= 4 is 43.2 Å². The summed E-state index contributed by atoms with van der Waals surface area (Å²) in [6.07, 6.45) is 1.09. The number of sulfonamides is 1. The summed E-state index contributed by atoms with van der Waals surface area (Å²) in [5.74, 6) is -0.196. The van der Waals surface area contributed by atoms with E-state index in [1.807, 2.05) is 31.2 Å². The van der Waals surface area contributed by atoms with E-state index >= 15 is 0 Å². The third kappa shape index (κ3) is 4.28. The molecule has 1 atom stereocenters. The van der Waals surface area contributed by atoms with Crippen LogP contribution >= 0.6 is 11.3 Å². The molecule has 0 saturated carbocycles. The van der Waals surface area contributed by atoms with E-state index in [4.69, 9.17) is 0 Å². The van der Waals surface area contributed by atoms with Crippen molar-refractivity contribution in [2.45, 2.75) is 19.9 Å². The number of carbonyl (C=O) groups is 1. The van der Waals surface area contributed by atoms with Gasteiger partial charge in [-0.3, -0.25) is 9.52 Å². The first kappa shape index (κ1) is 19.3. The fourth-order valence-corrected chi connectivity index (χ4v) is 4.36. The molecular weight excluding hydrogens is 382 g/mol. The molecule has 0 aliphatic heterocycles. The van der Waals surface area contributed by atoms with Crippen LogP contribution in [0.2, 0.25) is 0 Å². The van der Waals surface area contributed by atoms with Crippen LogP contribution in [-0.2, 0) is 10.0 Å². The SMILES string of the molecule is Cc1ccc(C(=O)N(C)[C@@H](C)c2nc3ccccc3s2)cc1NS(C)(=O)=O. The van der Waals surface area contributed by atoms with Gasteiger partial charge >= 0.3 is 0 Å². The number of rotatable bonds is 5. The molecule has 27 heavy (non-hydrogen) atoms. The molecule has 142 valence electrons. The number of nitrogens with one attached hydrogen (secondary N) is 1. The summed E-state index contributed by atoms with van der Waals surface area (Å²) < 4.78 is 26.6. The second kappa shape index (κ2) is 7.28. The lowest BCUT2D eigenvalue weighted by molar-refractivity contribution is 0.0742. The molecule has 0 aliphatic rings. The van der Waals surface area contributed by atoms with Gasteiger partial charge in [0.25, 0.3) is 5.91 Å². The number of para-hydroxylation sites is 1. The van der Waals surface area contributed by atoms with Crippen LogP contribution in [-0.4, -0.2) is 37.5 Å². The standard InChI is InChI=1S/C19H21N3O3S2/c1-12-9-10-14(11-16(12)21-27(4,24)25)19(23)22(3)13(2)18-20-15-7-5-6-8-17(15)26-18/h5-11,13,21H,1-4H3/t13-/m0/s1. The van der Waals surface area contributed by atoms with Crippen LogP contribution in [0.1, 0.15) is 33.9 Å². The third-order valence-electron chi connectivity index (χ3n) is 4.35. The molecule has 2 aromatic carbocycles. The van der Waals surface area contributed by atoms with Crippen molar-refractivity contribution in [2.75, 3.05) is 18.0 Å². The third-order valence-corrected chi connectivity index (χ3v) is 6.15. The Kier molecular flexibility index (Phi) is 5.21. The predicted octanol–water partition coefficient (Wildman–Crippen LogP) is 3.81. The lowest BCUT2D eigenvalue weighted by atomic mass is 10.1. The summed E-state index contributed by atoms with van der Waals surface area (Å²) >= 11 is 1.56. The topological polar surface area (TPSA) is 79.4 Å². The van der Waals surface area contributed by atoms with E-state index in [9.17, 15) is 13.2 Å². The van der Waals surface area contributed by atoms with Crippen LogP contribution in [0.5, 0.6) is 0 Å². The molecule has 0 aliphatic carbocycles. The number of nitrogens with zero attached hydrogens (tertiary/aromatic N) is 2. The van der Waals surface area contributed by atoms with Gasteiger partial charge in [0.05, 0.1) is 28.2 Å². The smallest absolute Gasteiger partial charge is 0.254 e. The van der Waals surface area contributed by atoms with Gasteiger partial charge in [0.15, 0.2) is 0 Å². The van der Waals surface area contributed by atoms with Crippen molar-refractivity contribution < 1.29 is 13.2 Å². The van der Waals surface area contributed by atoms with Gasteiger partial charge < -0.3 is 4.90 Å². The van der Waals surface area contributed by atoms with E-state index in [-0.39, 0.29) is 11.9 Å². The maximum atomic E-state index is 12.9. The van der Waals surface area contributed by atoms with Crippen molar-refractivity contribution in [1.82, 2.24) is 9.88 Å². The van der Waals surface area contributed by atoms with E-state index in [1.165, 1.54) is 0 Å². The molecular formula is C19H21N3O3S2. The van der Waals surface area contributed by atoms with Crippen molar-refractivity contribution in [3.63, 3.8) is 0 Å². The first-order valence-electron chi connectivity index (χ1n) is 8.37. The van der Waals surface area contributed by atoms with E-state index in [1.54, 1.807) is 48.4 Å². The van der Waals surface area contributed by atoms with E-state index < -0.39 is 10.0 Å². The zero-order valence-electron chi connectivity index (χ0n) is 15.6. The zero-order chi connectivity index (χ0) is 19.8. The highest BCUT2D eigenvalue weighted by Crippen LogP contribution is 2.30. The molecule has 8 heteroatoms. The highest BCUT2D eigenvalue weighted by atomic mass is 32.2. The van der Waals surface area contributed by atoms with Crippen LogP contribution in [0, 0.1) is 6.92 Å². The second-order valence-electron chi connectivity index (χ2n) is 6.52. The maximum Gasteiger partial charge on any atom is 0.254 e. The molecule has 0 unspecified atom stereocenters. The average Bonchev–Trinajstić information content (AvgIpc) is 3.04.